The first-order chi connectivity index (χ1) is 21.9. The Morgan fingerprint density at radius 2 is 1.64 bits per heavy atom. The molecule has 1 aromatic heterocycles. The molecule has 0 saturated carbocycles. The third-order valence-corrected chi connectivity index (χ3v) is 8.33. The van der Waals surface area contributed by atoms with Crippen molar-refractivity contribution in [2.75, 3.05) is 13.7 Å². The lowest BCUT2D eigenvalue weighted by Crippen LogP contribution is -2.53. The molecule has 0 aliphatic carbocycles. The highest BCUT2D eigenvalue weighted by Crippen LogP contribution is 2.24. The zero-order valence-corrected chi connectivity index (χ0v) is 25.2. The van der Waals surface area contributed by atoms with Gasteiger partial charge in [0.15, 0.2) is 0 Å². The summed E-state index contributed by atoms with van der Waals surface area (Å²) in [4.78, 5) is 42.8. The van der Waals surface area contributed by atoms with Gasteiger partial charge in [0.2, 0.25) is 17.7 Å². The van der Waals surface area contributed by atoms with Gasteiger partial charge in [-0.3, -0.25) is 19.3 Å². The molecule has 3 aromatic carbocycles. The van der Waals surface area contributed by atoms with Crippen LogP contribution in [-0.4, -0.2) is 69.4 Å². The standard InChI is InChI=1S/C34H37N7O4/c1-45-29-13-7-10-24(14-29)19-40-21-27-17-31(40)34(44)37-30(16-28-22-41(39-38-28)20-23-8-3-2-4-9-23)33(43)35-18-26-12-6-5-11-25(26)15-32(42)36-27/h2-14,22,27,30-31H,15-21H2,1H3,(H,35,43)(H,36,42)(H,37,44)/t27-,30-,31+/m1/s1. The summed E-state index contributed by atoms with van der Waals surface area (Å²) in [5, 5.41) is 17.7. The average Bonchev–Trinajstić information content (AvgIpc) is 3.66. The summed E-state index contributed by atoms with van der Waals surface area (Å²) in [7, 11) is 1.62. The van der Waals surface area contributed by atoms with Gasteiger partial charge in [-0.25, -0.2) is 4.68 Å². The number of rotatable bonds is 7. The molecule has 6 rings (SSSR count). The Morgan fingerprint density at radius 3 is 2.47 bits per heavy atom. The van der Waals surface area contributed by atoms with E-state index in [4.69, 9.17) is 4.74 Å². The summed E-state index contributed by atoms with van der Waals surface area (Å²) in [6.45, 7) is 1.75. The molecule has 1 saturated heterocycles. The number of aromatic nitrogens is 3. The number of likely N-dealkylation sites (tertiary alicyclic amines) is 1. The highest BCUT2D eigenvalue weighted by atomic mass is 16.5. The first kappa shape index (κ1) is 30.0. The molecule has 11 nitrogen and oxygen atoms in total. The summed E-state index contributed by atoms with van der Waals surface area (Å²) in [5.41, 5.74) is 4.35. The highest BCUT2D eigenvalue weighted by molar-refractivity contribution is 5.90. The molecule has 4 aromatic rings. The number of nitrogens with one attached hydrogen (secondary N) is 3. The number of carbonyl (C=O) groups is 3. The molecule has 2 bridgehead atoms. The van der Waals surface area contributed by atoms with Crippen molar-refractivity contribution in [3.8, 4) is 5.75 Å². The molecular formula is C34H37N7O4. The van der Waals surface area contributed by atoms with Crippen LogP contribution in [0, 0.1) is 0 Å². The fraction of sp³-hybridized carbons (Fsp3) is 0.324. The molecule has 2 aliphatic rings. The van der Waals surface area contributed by atoms with E-state index in [0.29, 0.717) is 31.7 Å². The third-order valence-electron chi connectivity index (χ3n) is 8.33. The van der Waals surface area contributed by atoms with Crippen molar-refractivity contribution in [3.05, 3.63) is 113 Å². The average molecular weight is 608 g/mol. The van der Waals surface area contributed by atoms with Crippen LogP contribution in [0.25, 0.3) is 0 Å². The third kappa shape index (κ3) is 7.55. The summed E-state index contributed by atoms with van der Waals surface area (Å²) in [6.07, 6.45) is 2.59. The molecule has 3 N–H and O–H groups in total. The molecule has 3 amide bonds. The molecule has 2 aliphatic heterocycles. The predicted octanol–water partition coefficient (Wildman–Crippen LogP) is 1.99. The van der Waals surface area contributed by atoms with Gasteiger partial charge in [-0.1, -0.05) is 71.9 Å². The van der Waals surface area contributed by atoms with Crippen LogP contribution in [0.2, 0.25) is 0 Å². The number of benzene rings is 3. The van der Waals surface area contributed by atoms with Crippen molar-refractivity contribution in [1.82, 2.24) is 35.8 Å². The van der Waals surface area contributed by atoms with Crippen molar-refractivity contribution in [3.63, 3.8) is 0 Å². The van der Waals surface area contributed by atoms with E-state index in [2.05, 4.69) is 26.3 Å². The Morgan fingerprint density at radius 1 is 0.867 bits per heavy atom. The van der Waals surface area contributed by atoms with E-state index in [-0.39, 0.29) is 43.1 Å². The van der Waals surface area contributed by atoms with E-state index in [9.17, 15) is 14.4 Å². The van der Waals surface area contributed by atoms with Crippen LogP contribution in [-0.2, 0) is 46.9 Å². The minimum Gasteiger partial charge on any atom is -0.497 e. The smallest absolute Gasteiger partial charge is 0.243 e. The minimum absolute atomic E-state index is 0.116. The van der Waals surface area contributed by atoms with Gasteiger partial charge >= 0.3 is 0 Å². The van der Waals surface area contributed by atoms with Gasteiger partial charge < -0.3 is 20.7 Å². The first-order valence-electron chi connectivity index (χ1n) is 15.2. The first-order valence-corrected chi connectivity index (χ1v) is 15.2. The largest absolute Gasteiger partial charge is 0.497 e. The van der Waals surface area contributed by atoms with Gasteiger partial charge in [0.25, 0.3) is 0 Å². The predicted molar refractivity (Wildman–Crippen MR) is 167 cm³/mol. The summed E-state index contributed by atoms with van der Waals surface area (Å²) in [5.74, 6) is 0.0106. The second-order valence-electron chi connectivity index (χ2n) is 11.6. The Labute approximate surface area is 262 Å². The van der Waals surface area contributed by atoms with Gasteiger partial charge in [0, 0.05) is 38.3 Å². The molecule has 0 spiro atoms. The van der Waals surface area contributed by atoms with Crippen molar-refractivity contribution < 1.29 is 19.1 Å². The lowest BCUT2D eigenvalue weighted by Gasteiger charge is -2.26. The molecular weight excluding hydrogens is 570 g/mol. The van der Waals surface area contributed by atoms with Gasteiger partial charge in [-0.05, 0) is 40.8 Å². The Balaban J connectivity index is 1.26. The van der Waals surface area contributed by atoms with Crippen LogP contribution in [0.3, 0.4) is 0 Å². The molecule has 3 atom stereocenters. The van der Waals surface area contributed by atoms with Crippen LogP contribution in [0.5, 0.6) is 5.75 Å². The number of nitrogens with zero attached hydrogens (tertiary/aromatic N) is 4. The quantitative estimate of drug-likeness (QED) is 0.293. The maximum absolute atomic E-state index is 13.9. The maximum atomic E-state index is 13.9. The fourth-order valence-electron chi connectivity index (χ4n) is 6.09. The van der Waals surface area contributed by atoms with Crippen molar-refractivity contribution in [2.24, 2.45) is 0 Å². The highest BCUT2D eigenvalue weighted by Gasteiger charge is 2.39. The van der Waals surface area contributed by atoms with Crippen molar-refractivity contribution in [1.29, 1.82) is 0 Å². The number of hydrogen-bond donors (Lipinski definition) is 3. The van der Waals surface area contributed by atoms with E-state index in [1.54, 1.807) is 11.8 Å². The number of amides is 3. The van der Waals surface area contributed by atoms with E-state index in [1.165, 1.54) is 0 Å². The molecule has 3 heterocycles. The summed E-state index contributed by atoms with van der Waals surface area (Å²) in [6, 6.07) is 23.6. The van der Waals surface area contributed by atoms with Gasteiger partial charge in [0.1, 0.15) is 11.8 Å². The number of ether oxygens (including phenoxy) is 1. The second kappa shape index (κ2) is 13.7. The molecule has 45 heavy (non-hydrogen) atoms. The van der Waals surface area contributed by atoms with Gasteiger partial charge in [-0.15, -0.1) is 5.10 Å². The zero-order valence-electron chi connectivity index (χ0n) is 25.2. The normalized spacial score (nSPS) is 20.8. The molecule has 0 radical (unpaired) electrons. The minimum atomic E-state index is -0.873. The maximum Gasteiger partial charge on any atom is 0.243 e. The fourth-order valence-corrected chi connectivity index (χ4v) is 6.09. The SMILES string of the molecule is COc1cccc(CN2C[C@H]3C[C@H]2C(=O)N[C@H](Cc2cn(Cc4ccccc4)nn2)C(=O)NCc2ccccc2CC(=O)N3)c1. The van der Waals surface area contributed by atoms with E-state index in [0.717, 1.165) is 28.0 Å². The Bertz CT molecular complexity index is 1660. The second-order valence-corrected chi connectivity index (χ2v) is 11.6. The summed E-state index contributed by atoms with van der Waals surface area (Å²) < 4.78 is 7.13. The molecule has 232 valence electrons. The van der Waals surface area contributed by atoms with Crippen LogP contribution in [0.15, 0.2) is 85.1 Å². The number of fused-ring (bicyclic) bond motifs is 3. The monoisotopic (exact) mass is 607 g/mol. The van der Waals surface area contributed by atoms with Crippen LogP contribution >= 0.6 is 0 Å². The van der Waals surface area contributed by atoms with Crippen LogP contribution < -0.4 is 20.7 Å². The van der Waals surface area contributed by atoms with Crippen molar-refractivity contribution >= 4 is 17.7 Å². The molecule has 1 fully saturated rings. The lowest BCUT2D eigenvalue weighted by atomic mass is 10.0. The lowest BCUT2D eigenvalue weighted by molar-refractivity contribution is -0.131. The van der Waals surface area contributed by atoms with Gasteiger partial charge in [0.05, 0.1) is 31.8 Å². The van der Waals surface area contributed by atoms with Crippen LogP contribution in [0.1, 0.15) is 34.4 Å². The number of methoxy groups -OCH3 is 1. The Kier molecular flexibility index (Phi) is 9.16. The van der Waals surface area contributed by atoms with Crippen molar-refractivity contribution in [2.45, 2.75) is 57.0 Å². The van der Waals surface area contributed by atoms with Crippen LogP contribution in [0.4, 0.5) is 0 Å². The number of carbonyl (C=O) groups excluding carboxylic acids is 3. The topological polar surface area (TPSA) is 130 Å². The van der Waals surface area contributed by atoms with E-state index >= 15 is 0 Å². The van der Waals surface area contributed by atoms with E-state index < -0.39 is 12.1 Å². The summed E-state index contributed by atoms with van der Waals surface area (Å²) >= 11 is 0. The number of hydrogen-bond acceptors (Lipinski definition) is 7. The van der Waals surface area contributed by atoms with E-state index in [1.807, 2.05) is 90.0 Å². The van der Waals surface area contributed by atoms with Gasteiger partial charge in [-0.2, -0.15) is 0 Å². The molecule has 0 unspecified atom stereocenters. The Hall–Kier alpha value is -5.03. The zero-order chi connectivity index (χ0) is 31.2. The molecule has 11 heteroatoms.